The highest BCUT2D eigenvalue weighted by Crippen LogP contribution is 2.33. The average Bonchev–Trinajstić information content (AvgIpc) is 3.06. The number of amides is 1. The van der Waals surface area contributed by atoms with Crippen molar-refractivity contribution in [2.24, 2.45) is 0 Å². The van der Waals surface area contributed by atoms with Gasteiger partial charge in [-0.25, -0.2) is 4.39 Å². The van der Waals surface area contributed by atoms with Crippen molar-refractivity contribution in [2.45, 2.75) is 25.8 Å². The Morgan fingerprint density at radius 2 is 2.30 bits per heavy atom. The minimum absolute atomic E-state index is 0.0878. The summed E-state index contributed by atoms with van der Waals surface area (Å²) in [4.78, 5) is 14.2. The summed E-state index contributed by atoms with van der Waals surface area (Å²) in [6.45, 7) is 2.41. The van der Waals surface area contributed by atoms with Crippen molar-refractivity contribution in [3.63, 3.8) is 0 Å². The van der Waals surface area contributed by atoms with Gasteiger partial charge in [-0.15, -0.1) is 0 Å². The summed E-state index contributed by atoms with van der Waals surface area (Å²) in [6.07, 6.45) is 1.75. The minimum Gasteiger partial charge on any atom is -0.361 e. The molecule has 1 saturated heterocycles. The monoisotopic (exact) mass is 274 g/mol. The second-order valence-electron chi connectivity index (χ2n) is 5.03. The molecule has 1 aromatic heterocycles. The molecule has 104 valence electrons. The van der Waals surface area contributed by atoms with Gasteiger partial charge in [0.1, 0.15) is 11.6 Å². The van der Waals surface area contributed by atoms with E-state index in [1.54, 1.807) is 24.0 Å². The maximum absolute atomic E-state index is 13.3. The third-order valence-corrected chi connectivity index (χ3v) is 3.59. The van der Waals surface area contributed by atoms with E-state index in [9.17, 15) is 9.18 Å². The standard InChI is InChI=1S/C15H15FN2O2/c1-10-8-13(17-20-10)15(19)18-7-3-6-14(18)11-4-2-5-12(16)9-11/h2,4-5,8-9,14H,3,6-7H2,1H3. The van der Waals surface area contributed by atoms with Crippen LogP contribution in [0.1, 0.15) is 40.7 Å². The highest BCUT2D eigenvalue weighted by atomic mass is 19.1. The van der Waals surface area contributed by atoms with E-state index in [1.165, 1.54) is 12.1 Å². The third-order valence-electron chi connectivity index (χ3n) is 3.59. The molecular formula is C15H15FN2O2. The molecule has 5 heteroatoms. The van der Waals surface area contributed by atoms with Crippen LogP contribution in [0.25, 0.3) is 0 Å². The SMILES string of the molecule is Cc1cc(C(=O)N2CCCC2c2cccc(F)c2)no1. The van der Waals surface area contributed by atoms with Crippen LogP contribution in [0.4, 0.5) is 4.39 Å². The zero-order chi connectivity index (χ0) is 14.1. The van der Waals surface area contributed by atoms with Gasteiger partial charge in [0.2, 0.25) is 0 Å². The molecule has 0 N–H and O–H groups in total. The first-order chi connectivity index (χ1) is 9.65. The first kappa shape index (κ1) is 12.8. The Bertz CT molecular complexity index is 638. The van der Waals surface area contributed by atoms with Crippen LogP contribution < -0.4 is 0 Å². The van der Waals surface area contributed by atoms with Gasteiger partial charge in [-0.2, -0.15) is 0 Å². The van der Waals surface area contributed by atoms with Gasteiger partial charge >= 0.3 is 0 Å². The highest BCUT2D eigenvalue weighted by molar-refractivity contribution is 5.92. The quantitative estimate of drug-likeness (QED) is 0.845. The maximum atomic E-state index is 13.3. The zero-order valence-corrected chi connectivity index (χ0v) is 11.2. The molecule has 1 aromatic carbocycles. The smallest absolute Gasteiger partial charge is 0.276 e. The van der Waals surface area contributed by atoms with Crippen LogP contribution in [-0.2, 0) is 0 Å². The number of aromatic nitrogens is 1. The average molecular weight is 274 g/mol. The summed E-state index contributed by atoms with van der Waals surface area (Å²) < 4.78 is 18.3. The fourth-order valence-electron chi connectivity index (χ4n) is 2.68. The summed E-state index contributed by atoms with van der Waals surface area (Å²) >= 11 is 0. The van der Waals surface area contributed by atoms with E-state index in [2.05, 4.69) is 5.16 Å². The van der Waals surface area contributed by atoms with Crippen LogP contribution in [-0.4, -0.2) is 22.5 Å². The van der Waals surface area contributed by atoms with Crippen molar-refractivity contribution >= 4 is 5.91 Å². The fourth-order valence-corrected chi connectivity index (χ4v) is 2.68. The van der Waals surface area contributed by atoms with Crippen LogP contribution >= 0.6 is 0 Å². The van der Waals surface area contributed by atoms with E-state index >= 15 is 0 Å². The van der Waals surface area contributed by atoms with E-state index in [-0.39, 0.29) is 17.8 Å². The number of aryl methyl sites for hydroxylation is 1. The predicted molar refractivity (Wildman–Crippen MR) is 70.7 cm³/mol. The van der Waals surface area contributed by atoms with Gasteiger partial charge in [0, 0.05) is 12.6 Å². The number of likely N-dealkylation sites (tertiary alicyclic amines) is 1. The Hall–Kier alpha value is -2.17. The molecule has 1 atom stereocenters. The first-order valence-corrected chi connectivity index (χ1v) is 6.65. The molecule has 0 spiro atoms. The van der Waals surface area contributed by atoms with Crippen molar-refractivity contribution in [3.8, 4) is 0 Å². The molecule has 1 amide bonds. The number of rotatable bonds is 2. The van der Waals surface area contributed by atoms with Crippen LogP contribution in [0.3, 0.4) is 0 Å². The first-order valence-electron chi connectivity index (χ1n) is 6.65. The lowest BCUT2D eigenvalue weighted by molar-refractivity contribution is 0.0725. The maximum Gasteiger partial charge on any atom is 0.276 e. The van der Waals surface area contributed by atoms with Crippen LogP contribution in [0.5, 0.6) is 0 Å². The molecule has 0 bridgehead atoms. The van der Waals surface area contributed by atoms with Crippen molar-refractivity contribution in [2.75, 3.05) is 6.54 Å². The molecular weight excluding hydrogens is 259 g/mol. The molecule has 2 heterocycles. The number of halogens is 1. The van der Waals surface area contributed by atoms with Gasteiger partial charge in [-0.1, -0.05) is 17.3 Å². The molecule has 3 rings (SSSR count). The normalized spacial score (nSPS) is 18.5. The number of benzene rings is 1. The van der Waals surface area contributed by atoms with E-state index in [1.807, 2.05) is 6.07 Å². The van der Waals surface area contributed by atoms with E-state index in [0.717, 1.165) is 18.4 Å². The largest absolute Gasteiger partial charge is 0.361 e. The Balaban J connectivity index is 1.87. The molecule has 1 aliphatic heterocycles. The summed E-state index contributed by atoms with van der Waals surface area (Å²) in [7, 11) is 0. The summed E-state index contributed by atoms with van der Waals surface area (Å²) in [5, 5.41) is 3.77. The Morgan fingerprint density at radius 3 is 3.00 bits per heavy atom. The molecule has 4 nitrogen and oxygen atoms in total. The Morgan fingerprint density at radius 1 is 1.45 bits per heavy atom. The molecule has 1 aliphatic rings. The molecule has 20 heavy (non-hydrogen) atoms. The lowest BCUT2D eigenvalue weighted by Crippen LogP contribution is -2.30. The van der Waals surface area contributed by atoms with Gasteiger partial charge in [0.15, 0.2) is 5.69 Å². The molecule has 0 saturated carbocycles. The van der Waals surface area contributed by atoms with Gasteiger partial charge in [-0.05, 0) is 37.5 Å². The molecule has 0 radical (unpaired) electrons. The lowest BCUT2D eigenvalue weighted by Gasteiger charge is -2.24. The number of nitrogens with zero attached hydrogens (tertiary/aromatic N) is 2. The zero-order valence-electron chi connectivity index (χ0n) is 11.2. The second kappa shape index (κ2) is 5.07. The van der Waals surface area contributed by atoms with Crippen LogP contribution in [0.2, 0.25) is 0 Å². The molecule has 1 fully saturated rings. The minimum atomic E-state index is -0.279. The number of hydrogen-bond acceptors (Lipinski definition) is 3. The van der Waals surface area contributed by atoms with E-state index < -0.39 is 0 Å². The molecule has 0 aliphatic carbocycles. The van der Waals surface area contributed by atoms with Gasteiger partial charge in [0.25, 0.3) is 5.91 Å². The molecule has 2 aromatic rings. The second-order valence-corrected chi connectivity index (χ2v) is 5.03. The summed E-state index contributed by atoms with van der Waals surface area (Å²) in [6, 6.07) is 7.97. The van der Waals surface area contributed by atoms with E-state index in [4.69, 9.17) is 4.52 Å². The van der Waals surface area contributed by atoms with Gasteiger partial charge in [0.05, 0.1) is 6.04 Å². The van der Waals surface area contributed by atoms with Gasteiger partial charge in [-0.3, -0.25) is 4.79 Å². The number of hydrogen-bond donors (Lipinski definition) is 0. The number of carbonyl (C=O) groups is 1. The fraction of sp³-hybridized carbons (Fsp3) is 0.333. The third kappa shape index (κ3) is 2.31. The lowest BCUT2D eigenvalue weighted by atomic mass is 10.0. The highest BCUT2D eigenvalue weighted by Gasteiger charge is 2.32. The van der Waals surface area contributed by atoms with E-state index in [0.29, 0.717) is 18.0 Å². The van der Waals surface area contributed by atoms with Crippen molar-refractivity contribution in [1.82, 2.24) is 10.1 Å². The number of carbonyl (C=O) groups excluding carboxylic acids is 1. The van der Waals surface area contributed by atoms with Crippen molar-refractivity contribution in [1.29, 1.82) is 0 Å². The Labute approximate surface area is 116 Å². The van der Waals surface area contributed by atoms with Crippen LogP contribution in [0, 0.1) is 12.7 Å². The summed E-state index contributed by atoms with van der Waals surface area (Å²) in [5.41, 5.74) is 1.14. The topological polar surface area (TPSA) is 46.3 Å². The van der Waals surface area contributed by atoms with Crippen molar-refractivity contribution in [3.05, 3.63) is 53.2 Å². The van der Waals surface area contributed by atoms with Gasteiger partial charge < -0.3 is 9.42 Å². The van der Waals surface area contributed by atoms with Crippen LogP contribution in [0.15, 0.2) is 34.9 Å². The Kier molecular flexibility index (Phi) is 3.26. The molecule has 1 unspecified atom stereocenters. The summed E-state index contributed by atoms with van der Waals surface area (Å²) in [5.74, 6) is 0.169. The predicted octanol–water partition coefficient (Wildman–Crippen LogP) is 3.10. The van der Waals surface area contributed by atoms with Crippen molar-refractivity contribution < 1.29 is 13.7 Å².